The van der Waals surface area contributed by atoms with Gasteiger partial charge in [-0.15, -0.1) is 23.1 Å². The zero-order valence-corrected chi connectivity index (χ0v) is 14.6. The van der Waals surface area contributed by atoms with Crippen molar-refractivity contribution in [2.45, 2.75) is 56.5 Å². The summed E-state index contributed by atoms with van der Waals surface area (Å²) in [5.41, 5.74) is 2.86. The number of rotatable bonds is 4. The fourth-order valence-electron chi connectivity index (χ4n) is 2.97. The Hall–Kier alpha value is -0.730. The van der Waals surface area contributed by atoms with Gasteiger partial charge in [0.1, 0.15) is 0 Å². The van der Waals surface area contributed by atoms with Crippen LogP contribution >= 0.6 is 23.1 Å². The standard InChI is InChI=1S/C19H24S2/c1-3-15-7-9-16(10-8-15)13-17-11-12-19(21-17)18-6-4-5-14(2)20-18/h7-12,14,18H,3-6,13H2,1-2H3. The topological polar surface area (TPSA) is 0 Å². The molecule has 1 fully saturated rings. The van der Waals surface area contributed by atoms with Crippen LogP contribution in [0.4, 0.5) is 0 Å². The van der Waals surface area contributed by atoms with Gasteiger partial charge in [-0.1, -0.05) is 44.5 Å². The highest BCUT2D eigenvalue weighted by Crippen LogP contribution is 2.44. The van der Waals surface area contributed by atoms with Crippen molar-refractivity contribution in [2.75, 3.05) is 0 Å². The van der Waals surface area contributed by atoms with E-state index in [9.17, 15) is 0 Å². The minimum Gasteiger partial charge on any atom is -0.150 e. The van der Waals surface area contributed by atoms with E-state index in [-0.39, 0.29) is 0 Å². The zero-order chi connectivity index (χ0) is 14.7. The van der Waals surface area contributed by atoms with E-state index in [1.54, 1.807) is 4.88 Å². The molecular formula is C19H24S2. The summed E-state index contributed by atoms with van der Waals surface area (Å²) in [6, 6.07) is 13.8. The van der Waals surface area contributed by atoms with Crippen LogP contribution in [0.25, 0.3) is 0 Å². The molecule has 1 aliphatic heterocycles. The monoisotopic (exact) mass is 316 g/mol. The third-order valence-corrected chi connectivity index (χ3v) is 7.15. The maximum atomic E-state index is 2.38. The van der Waals surface area contributed by atoms with E-state index in [0.29, 0.717) is 0 Å². The molecule has 1 aromatic carbocycles. The minimum absolute atomic E-state index is 0.745. The highest BCUT2D eigenvalue weighted by atomic mass is 32.2. The van der Waals surface area contributed by atoms with Gasteiger partial charge in [0.15, 0.2) is 0 Å². The second-order valence-electron chi connectivity index (χ2n) is 6.02. The van der Waals surface area contributed by atoms with E-state index in [1.807, 2.05) is 11.3 Å². The van der Waals surface area contributed by atoms with Crippen LogP contribution in [-0.4, -0.2) is 5.25 Å². The van der Waals surface area contributed by atoms with Gasteiger partial charge in [-0.05, 0) is 42.5 Å². The Morgan fingerprint density at radius 1 is 1.00 bits per heavy atom. The van der Waals surface area contributed by atoms with E-state index in [4.69, 9.17) is 0 Å². The molecule has 1 aliphatic rings. The van der Waals surface area contributed by atoms with E-state index in [2.05, 4.69) is 62.0 Å². The number of hydrogen-bond donors (Lipinski definition) is 0. The van der Waals surface area contributed by atoms with Crippen molar-refractivity contribution in [3.05, 3.63) is 57.3 Å². The van der Waals surface area contributed by atoms with Gasteiger partial charge in [0.2, 0.25) is 0 Å². The molecule has 0 saturated carbocycles. The van der Waals surface area contributed by atoms with Crippen molar-refractivity contribution >= 4 is 23.1 Å². The quantitative estimate of drug-likeness (QED) is 0.642. The lowest BCUT2D eigenvalue weighted by Gasteiger charge is -2.25. The molecule has 0 N–H and O–H groups in total. The Kier molecular flexibility index (Phi) is 5.07. The van der Waals surface area contributed by atoms with Gasteiger partial charge < -0.3 is 0 Å². The maximum absolute atomic E-state index is 2.38. The van der Waals surface area contributed by atoms with Gasteiger partial charge >= 0.3 is 0 Å². The third kappa shape index (κ3) is 3.92. The van der Waals surface area contributed by atoms with E-state index in [1.165, 1.54) is 35.3 Å². The predicted molar refractivity (Wildman–Crippen MR) is 96.6 cm³/mol. The normalized spacial score (nSPS) is 22.4. The molecule has 1 saturated heterocycles. The fraction of sp³-hybridized carbons (Fsp3) is 0.474. The summed E-state index contributed by atoms with van der Waals surface area (Å²) >= 11 is 4.20. The van der Waals surface area contributed by atoms with Crippen LogP contribution < -0.4 is 0 Å². The Bertz CT molecular complexity index is 568. The van der Waals surface area contributed by atoms with Gasteiger partial charge in [-0.3, -0.25) is 0 Å². The first-order valence-electron chi connectivity index (χ1n) is 8.06. The van der Waals surface area contributed by atoms with Crippen LogP contribution in [0.5, 0.6) is 0 Å². The van der Waals surface area contributed by atoms with Crippen molar-refractivity contribution in [3.63, 3.8) is 0 Å². The largest absolute Gasteiger partial charge is 0.150 e. The van der Waals surface area contributed by atoms with Gasteiger partial charge in [0.05, 0.1) is 0 Å². The highest BCUT2D eigenvalue weighted by Gasteiger charge is 2.22. The van der Waals surface area contributed by atoms with Gasteiger partial charge in [-0.25, -0.2) is 0 Å². The van der Waals surface area contributed by atoms with E-state index in [0.717, 1.165) is 23.3 Å². The summed E-state index contributed by atoms with van der Waals surface area (Å²) in [7, 11) is 0. The van der Waals surface area contributed by atoms with Gasteiger partial charge in [0.25, 0.3) is 0 Å². The maximum Gasteiger partial charge on any atom is 0.0394 e. The summed E-state index contributed by atoms with van der Waals surface area (Å²) in [6.07, 6.45) is 6.36. The molecule has 0 spiro atoms. The van der Waals surface area contributed by atoms with Crippen molar-refractivity contribution in [2.24, 2.45) is 0 Å². The fourth-order valence-corrected chi connectivity index (χ4v) is 5.73. The molecule has 2 heterocycles. The average Bonchev–Trinajstić information content (AvgIpc) is 2.97. The summed E-state index contributed by atoms with van der Waals surface area (Å²) in [6.45, 7) is 4.59. The second-order valence-corrected chi connectivity index (χ2v) is 8.86. The molecule has 0 aliphatic carbocycles. The van der Waals surface area contributed by atoms with Crippen LogP contribution in [0.3, 0.4) is 0 Å². The van der Waals surface area contributed by atoms with Crippen LogP contribution in [0.2, 0.25) is 0 Å². The van der Waals surface area contributed by atoms with Crippen LogP contribution in [0.15, 0.2) is 36.4 Å². The Balaban J connectivity index is 1.66. The molecule has 2 unspecified atom stereocenters. The summed E-state index contributed by atoms with van der Waals surface area (Å²) in [5, 5.41) is 1.57. The lowest BCUT2D eigenvalue weighted by Crippen LogP contribution is -2.08. The lowest BCUT2D eigenvalue weighted by molar-refractivity contribution is 0.639. The lowest BCUT2D eigenvalue weighted by atomic mass is 10.1. The van der Waals surface area contributed by atoms with Crippen molar-refractivity contribution < 1.29 is 0 Å². The molecule has 0 nitrogen and oxygen atoms in total. The Labute approximate surface area is 137 Å². The number of thiophene rings is 1. The summed E-state index contributed by atoms with van der Waals surface area (Å²) < 4.78 is 0. The number of thioether (sulfide) groups is 1. The molecule has 0 bridgehead atoms. The number of benzene rings is 1. The molecule has 2 heteroatoms. The molecule has 2 atom stereocenters. The second kappa shape index (κ2) is 7.02. The van der Waals surface area contributed by atoms with E-state index >= 15 is 0 Å². The minimum atomic E-state index is 0.745. The molecular weight excluding hydrogens is 292 g/mol. The molecule has 1 aromatic heterocycles. The first-order chi connectivity index (χ1) is 10.2. The molecule has 112 valence electrons. The number of aryl methyl sites for hydroxylation is 1. The Morgan fingerprint density at radius 2 is 1.76 bits per heavy atom. The van der Waals surface area contributed by atoms with Crippen LogP contribution in [-0.2, 0) is 12.8 Å². The summed E-state index contributed by atoms with van der Waals surface area (Å²) in [5.74, 6) is 0. The zero-order valence-electron chi connectivity index (χ0n) is 13.0. The molecule has 0 radical (unpaired) electrons. The highest BCUT2D eigenvalue weighted by molar-refractivity contribution is 8.00. The van der Waals surface area contributed by atoms with Gasteiger partial charge in [-0.2, -0.15) is 0 Å². The Morgan fingerprint density at radius 3 is 2.48 bits per heavy atom. The average molecular weight is 317 g/mol. The van der Waals surface area contributed by atoms with Crippen molar-refractivity contribution in [1.82, 2.24) is 0 Å². The SMILES string of the molecule is CCc1ccc(Cc2ccc(C3CCCC(C)S3)s2)cc1. The molecule has 0 amide bonds. The van der Waals surface area contributed by atoms with Crippen molar-refractivity contribution in [3.8, 4) is 0 Å². The number of hydrogen-bond acceptors (Lipinski definition) is 2. The first kappa shape index (κ1) is 15.2. The molecule has 21 heavy (non-hydrogen) atoms. The molecule has 3 rings (SSSR count). The summed E-state index contributed by atoms with van der Waals surface area (Å²) in [4.78, 5) is 3.10. The first-order valence-corrected chi connectivity index (χ1v) is 9.82. The van der Waals surface area contributed by atoms with Crippen LogP contribution in [0, 0.1) is 0 Å². The molecule has 2 aromatic rings. The third-order valence-electron chi connectivity index (χ3n) is 4.28. The van der Waals surface area contributed by atoms with Crippen molar-refractivity contribution in [1.29, 1.82) is 0 Å². The van der Waals surface area contributed by atoms with Crippen LogP contribution in [0.1, 0.15) is 59.2 Å². The van der Waals surface area contributed by atoms with E-state index < -0.39 is 0 Å². The van der Waals surface area contributed by atoms with Gasteiger partial charge in [0, 0.05) is 26.7 Å². The smallest absolute Gasteiger partial charge is 0.0394 e. The predicted octanol–water partition coefficient (Wildman–Crippen LogP) is 6.25.